The summed E-state index contributed by atoms with van der Waals surface area (Å²) in [5, 5.41) is 7.28. The average Bonchev–Trinajstić information content (AvgIpc) is 3.22. The molecular weight excluding hydrogens is 364 g/mol. The van der Waals surface area contributed by atoms with Gasteiger partial charge in [0.05, 0.1) is 16.7 Å². The molecule has 4 aromatic rings. The van der Waals surface area contributed by atoms with Crippen molar-refractivity contribution in [1.82, 2.24) is 19.7 Å². The third kappa shape index (κ3) is 2.41. The molecule has 0 fully saturated rings. The van der Waals surface area contributed by atoms with E-state index in [1.165, 1.54) is 22.9 Å². The number of amides is 1. The summed E-state index contributed by atoms with van der Waals surface area (Å²) in [5.74, 6) is -1.66. The number of benzene rings is 2. The van der Waals surface area contributed by atoms with Crippen molar-refractivity contribution in [2.75, 3.05) is 5.32 Å². The summed E-state index contributed by atoms with van der Waals surface area (Å²) >= 11 is 0. The van der Waals surface area contributed by atoms with Gasteiger partial charge in [0.15, 0.2) is 0 Å². The Hall–Kier alpha value is -3.55. The van der Waals surface area contributed by atoms with Crippen molar-refractivity contribution in [1.29, 1.82) is 0 Å². The van der Waals surface area contributed by atoms with Gasteiger partial charge in [0.2, 0.25) is 11.9 Å². The third-order valence-electron chi connectivity index (χ3n) is 5.03. The third-order valence-corrected chi connectivity index (χ3v) is 5.03. The highest BCUT2D eigenvalue weighted by atomic mass is 19.1. The number of para-hydroxylation sites is 2. The van der Waals surface area contributed by atoms with E-state index in [1.807, 2.05) is 24.3 Å². The Balaban J connectivity index is 1.72. The summed E-state index contributed by atoms with van der Waals surface area (Å²) < 4.78 is 30.4. The summed E-state index contributed by atoms with van der Waals surface area (Å²) in [6.45, 7) is 1.75. The number of rotatable bonds is 2. The summed E-state index contributed by atoms with van der Waals surface area (Å²) in [6.07, 6.45) is -0.0580. The first-order valence-corrected chi connectivity index (χ1v) is 8.81. The minimum Gasteiger partial charge on any atom is -0.322 e. The molecule has 8 heteroatoms. The topological polar surface area (TPSA) is 75.6 Å². The number of aryl methyl sites for hydroxylation is 1. The number of carbonyl (C=O) groups excluding carboxylic acids is 1. The molecule has 3 heterocycles. The zero-order valence-corrected chi connectivity index (χ0v) is 14.8. The zero-order chi connectivity index (χ0) is 19.4. The maximum absolute atomic E-state index is 14.4. The molecule has 1 atom stereocenters. The molecule has 2 aromatic heterocycles. The van der Waals surface area contributed by atoms with Crippen molar-refractivity contribution in [2.24, 2.45) is 0 Å². The van der Waals surface area contributed by atoms with Crippen LogP contribution in [0.5, 0.6) is 0 Å². The van der Waals surface area contributed by atoms with Crippen molar-refractivity contribution in [3.05, 3.63) is 70.9 Å². The molecule has 0 bridgehead atoms. The van der Waals surface area contributed by atoms with E-state index in [9.17, 15) is 13.6 Å². The minimum absolute atomic E-state index is 0.0580. The predicted octanol–water partition coefficient (Wildman–Crippen LogP) is 3.81. The van der Waals surface area contributed by atoms with Crippen LogP contribution in [0.2, 0.25) is 0 Å². The summed E-state index contributed by atoms with van der Waals surface area (Å²) in [4.78, 5) is 20.0. The van der Waals surface area contributed by atoms with Gasteiger partial charge in [-0.05, 0) is 31.2 Å². The van der Waals surface area contributed by atoms with Crippen LogP contribution in [-0.2, 0) is 4.79 Å². The van der Waals surface area contributed by atoms with Crippen LogP contribution < -0.4 is 5.32 Å². The first kappa shape index (κ1) is 16.6. The van der Waals surface area contributed by atoms with Gasteiger partial charge in [0, 0.05) is 23.5 Å². The van der Waals surface area contributed by atoms with E-state index >= 15 is 0 Å². The Morgan fingerprint density at radius 2 is 1.82 bits per heavy atom. The number of aromatic amines is 1. The molecule has 2 aromatic carbocycles. The summed E-state index contributed by atoms with van der Waals surface area (Å²) in [6, 6.07) is 11.2. The first-order valence-electron chi connectivity index (χ1n) is 8.81. The molecular formula is C20H15F2N5O. The van der Waals surface area contributed by atoms with E-state index in [-0.39, 0.29) is 17.9 Å². The molecule has 1 aliphatic rings. The fraction of sp³-hybridized carbons (Fsp3) is 0.150. The summed E-state index contributed by atoms with van der Waals surface area (Å²) in [5.41, 5.74) is 2.61. The highest BCUT2D eigenvalue weighted by molar-refractivity contribution is 5.95. The quantitative estimate of drug-likeness (QED) is 0.556. The number of halogens is 2. The lowest BCUT2D eigenvalue weighted by Gasteiger charge is -2.24. The van der Waals surface area contributed by atoms with Crippen LogP contribution >= 0.6 is 0 Å². The fourth-order valence-corrected chi connectivity index (χ4v) is 3.83. The smallest absolute Gasteiger partial charge is 0.231 e. The molecule has 1 aliphatic heterocycles. The van der Waals surface area contributed by atoms with Gasteiger partial charge in [-0.3, -0.25) is 4.79 Å². The van der Waals surface area contributed by atoms with Gasteiger partial charge in [-0.15, -0.1) is 0 Å². The maximum atomic E-state index is 14.4. The van der Waals surface area contributed by atoms with E-state index in [4.69, 9.17) is 0 Å². The van der Waals surface area contributed by atoms with Gasteiger partial charge in [0.1, 0.15) is 17.5 Å². The van der Waals surface area contributed by atoms with Crippen LogP contribution in [-0.4, -0.2) is 25.7 Å². The van der Waals surface area contributed by atoms with Gasteiger partial charge in [0.25, 0.3) is 0 Å². The Morgan fingerprint density at radius 3 is 2.57 bits per heavy atom. The second-order valence-electron chi connectivity index (χ2n) is 6.78. The lowest BCUT2D eigenvalue weighted by Crippen LogP contribution is -2.26. The first-order chi connectivity index (χ1) is 13.5. The van der Waals surface area contributed by atoms with Crippen LogP contribution in [0.15, 0.2) is 42.5 Å². The molecule has 6 nitrogen and oxygen atoms in total. The minimum atomic E-state index is -0.761. The Bertz CT molecular complexity index is 1190. The van der Waals surface area contributed by atoms with Crippen molar-refractivity contribution in [2.45, 2.75) is 19.3 Å². The van der Waals surface area contributed by atoms with Gasteiger partial charge >= 0.3 is 0 Å². The number of hydrogen-bond acceptors (Lipinski definition) is 3. The maximum Gasteiger partial charge on any atom is 0.231 e. The van der Waals surface area contributed by atoms with Gasteiger partial charge < -0.3 is 10.3 Å². The van der Waals surface area contributed by atoms with Crippen molar-refractivity contribution in [3.8, 4) is 5.95 Å². The standard InChI is InChI=1S/C20H15F2N5O/c1-10-17-11(18-12(21)5-4-6-13(18)22)9-16(28)25-19(17)27(26-10)20-23-14-7-2-3-8-15(14)24-20/h2-8,11H,9H2,1H3,(H,23,24)(H,25,28). The molecule has 5 rings (SSSR count). The van der Waals surface area contributed by atoms with E-state index in [1.54, 1.807) is 6.92 Å². The number of nitrogens with zero attached hydrogens (tertiary/aromatic N) is 3. The van der Waals surface area contributed by atoms with Gasteiger partial charge in [-0.25, -0.2) is 13.8 Å². The number of nitrogens with one attached hydrogen (secondary N) is 2. The largest absolute Gasteiger partial charge is 0.322 e. The van der Waals surface area contributed by atoms with Crippen molar-refractivity contribution < 1.29 is 13.6 Å². The zero-order valence-electron chi connectivity index (χ0n) is 14.8. The summed E-state index contributed by atoms with van der Waals surface area (Å²) in [7, 11) is 0. The normalized spacial score (nSPS) is 16.2. The molecule has 0 aliphatic carbocycles. The molecule has 140 valence electrons. The van der Waals surface area contributed by atoms with Gasteiger partial charge in [-0.2, -0.15) is 9.78 Å². The van der Waals surface area contributed by atoms with E-state index in [0.29, 0.717) is 23.0 Å². The van der Waals surface area contributed by atoms with Crippen LogP contribution in [0.3, 0.4) is 0 Å². The molecule has 0 saturated carbocycles. The Labute approximate surface area is 158 Å². The molecule has 1 unspecified atom stereocenters. The molecule has 2 N–H and O–H groups in total. The lowest BCUT2D eigenvalue weighted by molar-refractivity contribution is -0.116. The van der Waals surface area contributed by atoms with Crippen molar-refractivity contribution >= 4 is 22.8 Å². The van der Waals surface area contributed by atoms with E-state index in [2.05, 4.69) is 20.4 Å². The van der Waals surface area contributed by atoms with Crippen LogP contribution in [0.25, 0.3) is 17.0 Å². The Morgan fingerprint density at radius 1 is 1.07 bits per heavy atom. The number of aromatic nitrogens is 4. The highest BCUT2D eigenvalue weighted by Crippen LogP contribution is 2.41. The second kappa shape index (κ2) is 5.98. The number of anilines is 1. The van der Waals surface area contributed by atoms with Crippen LogP contribution in [0.1, 0.15) is 29.2 Å². The number of H-pyrrole nitrogens is 1. The van der Waals surface area contributed by atoms with Crippen LogP contribution in [0, 0.1) is 18.6 Å². The number of imidazole rings is 1. The second-order valence-corrected chi connectivity index (χ2v) is 6.78. The molecule has 0 spiro atoms. The molecule has 0 saturated heterocycles. The van der Waals surface area contributed by atoms with Crippen LogP contribution in [0.4, 0.5) is 14.6 Å². The fourth-order valence-electron chi connectivity index (χ4n) is 3.83. The molecule has 0 radical (unpaired) electrons. The van der Waals surface area contributed by atoms with E-state index < -0.39 is 17.6 Å². The molecule has 28 heavy (non-hydrogen) atoms. The number of fused-ring (bicyclic) bond motifs is 2. The van der Waals surface area contributed by atoms with Crippen molar-refractivity contribution in [3.63, 3.8) is 0 Å². The average molecular weight is 379 g/mol. The highest BCUT2D eigenvalue weighted by Gasteiger charge is 2.36. The number of carbonyl (C=O) groups is 1. The molecule has 1 amide bonds. The predicted molar refractivity (Wildman–Crippen MR) is 99.4 cm³/mol. The van der Waals surface area contributed by atoms with E-state index in [0.717, 1.165) is 11.0 Å². The SMILES string of the molecule is Cc1nn(-c2nc3ccccc3[nH]2)c2c1C(c1c(F)cccc1F)CC(=O)N2. The lowest BCUT2D eigenvalue weighted by atomic mass is 9.85. The monoisotopic (exact) mass is 379 g/mol. The van der Waals surface area contributed by atoms with Gasteiger partial charge in [-0.1, -0.05) is 18.2 Å². The Kier molecular flexibility index (Phi) is 3.55. The number of hydrogen-bond donors (Lipinski definition) is 2.